The molecule has 2 amide bonds. The van der Waals surface area contributed by atoms with Gasteiger partial charge in [-0.05, 0) is 67.6 Å². The predicted molar refractivity (Wildman–Crippen MR) is 133 cm³/mol. The summed E-state index contributed by atoms with van der Waals surface area (Å²) in [5.41, 5.74) is 4.49. The summed E-state index contributed by atoms with van der Waals surface area (Å²) in [5, 5.41) is 16.7. The number of carbonyl (C=O) groups is 3. The Kier molecular flexibility index (Phi) is 5.93. The molecule has 0 unspecified atom stereocenters. The number of hydrogen-bond donors (Lipinski definition) is 2. The SMILES string of the molecule is Cc1cc(C(=O)N[C@H]2CCc3c2ccc(C(=O)O)c3C)n2ncc(C(=O)N(Cl)c3ccccc3)c2n1. The van der Waals surface area contributed by atoms with Crippen LogP contribution in [-0.4, -0.2) is 37.5 Å². The van der Waals surface area contributed by atoms with Gasteiger partial charge in [-0.3, -0.25) is 9.59 Å². The van der Waals surface area contributed by atoms with E-state index in [-0.39, 0.29) is 34.4 Å². The molecule has 2 aromatic carbocycles. The van der Waals surface area contributed by atoms with E-state index < -0.39 is 11.9 Å². The van der Waals surface area contributed by atoms with Gasteiger partial charge in [0.25, 0.3) is 11.8 Å². The number of halogens is 1. The number of para-hydroxylation sites is 1. The van der Waals surface area contributed by atoms with Gasteiger partial charge in [0, 0.05) is 17.5 Å². The third-order valence-electron chi connectivity index (χ3n) is 6.45. The van der Waals surface area contributed by atoms with E-state index in [0.717, 1.165) is 21.1 Å². The van der Waals surface area contributed by atoms with E-state index in [1.165, 1.54) is 10.7 Å². The number of carboxylic acids is 1. The van der Waals surface area contributed by atoms with Crippen LogP contribution in [0.4, 0.5) is 5.69 Å². The molecule has 1 aliphatic carbocycles. The van der Waals surface area contributed by atoms with Crippen LogP contribution in [-0.2, 0) is 6.42 Å². The van der Waals surface area contributed by atoms with Gasteiger partial charge in [0.15, 0.2) is 5.65 Å². The summed E-state index contributed by atoms with van der Waals surface area (Å²) in [6.45, 7) is 3.52. The van der Waals surface area contributed by atoms with Crippen LogP contribution in [0, 0.1) is 13.8 Å². The van der Waals surface area contributed by atoms with Crippen molar-refractivity contribution in [3.63, 3.8) is 0 Å². The molecule has 0 saturated carbocycles. The number of carbonyl (C=O) groups excluding carboxylic acids is 2. The topological polar surface area (TPSA) is 117 Å². The number of hydrogen-bond acceptors (Lipinski definition) is 5. The molecule has 2 heterocycles. The lowest BCUT2D eigenvalue weighted by atomic mass is 9.98. The number of aromatic nitrogens is 3. The van der Waals surface area contributed by atoms with Crippen molar-refractivity contribution in [2.75, 3.05) is 4.42 Å². The smallest absolute Gasteiger partial charge is 0.335 e. The molecular formula is C26H22ClN5O4. The molecule has 0 saturated heterocycles. The second kappa shape index (κ2) is 9.09. The monoisotopic (exact) mass is 503 g/mol. The van der Waals surface area contributed by atoms with E-state index in [0.29, 0.717) is 24.2 Å². The Hall–Kier alpha value is -4.24. The van der Waals surface area contributed by atoms with Crippen LogP contribution in [0.3, 0.4) is 0 Å². The number of nitrogens with one attached hydrogen (secondary N) is 1. The quantitative estimate of drug-likeness (QED) is 0.393. The van der Waals surface area contributed by atoms with Crippen molar-refractivity contribution < 1.29 is 19.5 Å². The van der Waals surface area contributed by atoms with Crippen molar-refractivity contribution in [1.82, 2.24) is 19.9 Å². The number of rotatable bonds is 5. The lowest BCUT2D eigenvalue weighted by molar-refractivity contribution is 0.0695. The van der Waals surface area contributed by atoms with E-state index in [9.17, 15) is 19.5 Å². The Morgan fingerprint density at radius 1 is 1.11 bits per heavy atom. The fourth-order valence-corrected chi connectivity index (χ4v) is 4.88. The van der Waals surface area contributed by atoms with Crippen LogP contribution in [0.25, 0.3) is 5.65 Å². The van der Waals surface area contributed by atoms with Gasteiger partial charge in [-0.2, -0.15) is 5.10 Å². The number of aryl methyl sites for hydroxylation is 1. The van der Waals surface area contributed by atoms with Gasteiger partial charge in [0.05, 0.1) is 23.5 Å². The molecule has 4 aromatic rings. The lowest BCUT2D eigenvalue weighted by Gasteiger charge is -2.16. The largest absolute Gasteiger partial charge is 0.478 e. The van der Waals surface area contributed by atoms with Gasteiger partial charge >= 0.3 is 5.97 Å². The number of aromatic carboxylic acids is 1. The summed E-state index contributed by atoms with van der Waals surface area (Å²) in [4.78, 5) is 42.4. The summed E-state index contributed by atoms with van der Waals surface area (Å²) in [6, 6.07) is 13.4. The average molecular weight is 504 g/mol. The highest BCUT2D eigenvalue weighted by Gasteiger charge is 2.29. The highest BCUT2D eigenvalue weighted by Crippen LogP contribution is 2.35. The van der Waals surface area contributed by atoms with Crippen molar-refractivity contribution in [3.05, 3.63) is 93.9 Å². The molecular weight excluding hydrogens is 482 g/mol. The van der Waals surface area contributed by atoms with Crippen molar-refractivity contribution in [3.8, 4) is 0 Å². The van der Waals surface area contributed by atoms with Crippen LogP contribution in [0.2, 0.25) is 0 Å². The normalized spacial score (nSPS) is 14.5. The molecule has 182 valence electrons. The standard InChI is InChI=1S/C26H22ClN5O4/c1-14-12-22(24(33)30-21-11-10-17-15(2)18(26(35)36)8-9-19(17)21)32-23(29-14)20(13-28-32)25(34)31(27)16-6-4-3-5-7-16/h3-9,12-13,21H,10-11H2,1-2H3,(H,30,33)(H,35,36)/t21-/m0/s1. The maximum absolute atomic E-state index is 13.4. The maximum atomic E-state index is 13.4. The van der Waals surface area contributed by atoms with Crippen molar-refractivity contribution in [1.29, 1.82) is 0 Å². The molecule has 0 bridgehead atoms. The molecule has 2 N–H and O–H groups in total. The molecule has 0 spiro atoms. The minimum atomic E-state index is -0.968. The van der Waals surface area contributed by atoms with Crippen LogP contribution in [0.15, 0.2) is 54.7 Å². The Morgan fingerprint density at radius 3 is 2.58 bits per heavy atom. The van der Waals surface area contributed by atoms with Crippen LogP contribution < -0.4 is 9.74 Å². The fourth-order valence-electron chi connectivity index (χ4n) is 4.67. The summed E-state index contributed by atoms with van der Waals surface area (Å²) >= 11 is 6.30. The number of amides is 2. The van der Waals surface area contributed by atoms with Gasteiger partial charge < -0.3 is 10.4 Å². The van der Waals surface area contributed by atoms with Gasteiger partial charge in [-0.25, -0.2) is 18.7 Å². The highest BCUT2D eigenvalue weighted by atomic mass is 35.5. The average Bonchev–Trinajstić information content (AvgIpc) is 3.48. The van der Waals surface area contributed by atoms with E-state index in [1.54, 1.807) is 56.3 Å². The van der Waals surface area contributed by atoms with E-state index in [2.05, 4.69) is 15.4 Å². The van der Waals surface area contributed by atoms with Gasteiger partial charge in [-0.15, -0.1) is 0 Å². The Morgan fingerprint density at radius 2 is 1.86 bits per heavy atom. The van der Waals surface area contributed by atoms with Crippen molar-refractivity contribution >= 4 is 40.9 Å². The number of carboxylic acid groups (broad SMARTS) is 1. The Balaban J connectivity index is 1.45. The molecule has 2 aromatic heterocycles. The summed E-state index contributed by atoms with van der Waals surface area (Å²) in [5.74, 6) is -1.86. The van der Waals surface area contributed by atoms with Crippen LogP contribution in [0.1, 0.15) is 66.1 Å². The van der Waals surface area contributed by atoms with Gasteiger partial charge in [0.1, 0.15) is 11.3 Å². The Bertz CT molecular complexity index is 1530. The van der Waals surface area contributed by atoms with E-state index >= 15 is 0 Å². The second-order valence-electron chi connectivity index (χ2n) is 8.67. The van der Waals surface area contributed by atoms with Crippen molar-refractivity contribution in [2.45, 2.75) is 32.7 Å². The first-order chi connectivity index (χ1) is 17.3. The lowest BCUT2D eigenvalue weighted by Crippen LogP contribution is -2.29. The predicted octanol–water partition coefficient (Wildman–Crippen LogP) is 4.26. The van der Waals surface area contributed by atoms with E-state index in [1.807, 2.05) is 6.07 Å². The molecule has 36 heavy (non-hydrogen) atoms. The minimum Gasteiger partial charge on any atom is -0.478 e. The summed E-state index contributed by atoms with van der Waals surface area (Å²) in [6.07, 6.45) is 2.67. The first kappa shape index (κ1) is 23.5. The third-order valence-corrected chi connectivity index (χ3v) is 6.80. The summed E-state index contributed by atoms with van der Waals surface area (Å²) in [7, 11) is 0. The molecule has 0 aliphatic heterocycles. The van der Waals surface area contributed by atoms with Gasteiger partial charge in [-0.1, -0.05) is 24.3 Å². The minimum absolute atomic E-state index is 0.162. The number of nitrogens with zero attached hydrogens (tertiary/aromatic N) is 4. The second-order valence-corrected chi connectivity index (χ2v) is 9.01. The molecule has 5 rings (SSSR count). The van der Waals surface area contributed by atoms with Crippen LogP contribution >= 0.6 is 11.8 Å². The Labute approximate surface area is 211 Å². The first-order valence-corrected chi connectivity index (χ1v) is 11.7. The molecule has 0 fully saturated rings. The molecule has 1 aliphatic rings. The number of benzene rings is 2. The first-order valence-electron chi connectivity index (χ1n) is 11.3. The zero-order chi connectivity index (χ0) is 25.6. The van der Waals surface area contributed by atoms with Gasteiger partial charge in [0.2, 0.25) is 0 Å². The van der Waals surface area contributed by atoms with E-state index in [4.69, 9.17) is 11.8 Å². The third kappa shape index (κ3) is 3.97. The number of anilines is 1. The van der Waals surface area contributed by atoms with Crippen molar-refractivity contribution in [2.24, 2.45) is 0 Å². The molecule has 0 radical (unpaired) electrons. The van der Waals surface area contributed by atoms with Crippen LogP contribution in [0.5, 0.6) is 0 Å². The maximum Gasteiger partial charge on any atom is 0.335 e. The highest BCUT2D eigenvalue weighted by molar-refractivity contribution is 6.39. The number of fused-ring (bicyclic) bond motifs is 2. The molecule has 9 nitrogen and oxygen atoms in total. The molecule has 1 atom stereocenters. The summed E-state index contributed by atoms with van der Waals surface area (Å²) < 4.78 is 2.32. The molecule has 10 heteroatoms. The zero-order valence-electron chi connectivity index (χ0n) is 19.5. The fraction of sp³-hybridized carbons (Fsp3) is 0.192. The zero-order valence-corrected chi connectivity index (χ0v) is 20.3.